The van der Waals surface area contributed by atoms with Gasteiger partial charge in [-0.05, 0) is 68.1 Å². The lowest BCUT2D eigenvalue weighted by molar-refractivity contribution is -0.126. The molecule has 2 aliphatic carbocycles. The molecule has 2 N–H and O–H groups in total. The van der Waals surface area contributed by atoms with E-state index in [1.165, 1.54) is 29.5 Å². The molecule has 0 radical (unpaired) electrons. The van der Waals surface area contributed by atoms with E-state index in [9.17, 15) is 9.59 Å². The van der Waals surface area contributed by atoms with E-state index in [-0.39, 0.29) is 24.3 Å². The maximum absolute atomic E-state index is 12.2. The van der Waals surface area contributed by atoms with Crippen LogP contribution in [0.1, 0.15) is 54.7 Å². The van der Waals surface area contributed by atoms with Crippen molar-refractivity contribution in [3.8, 4) is 0 Å². The van der Waals surface area contributed by atoms with Gasteiger partial charge in [-0.3, -0.25) is 9.59 Å². The molecule has 0 aliphatic heterocycles. The van der Waals surface area contributed by atoms with Gasteiger partial charge in [0.15, 0.2) is 0 Å². The molecule has 23 heavy (non-hydrogen) atoms. The van der Waals surface area contributed by atoms with Gasteiger partial charge >= 0.3 is 0 Å². The Morgan fingerprint density at radius 3 is 2.43 bits per heavy atom. The van der Waals surface area contributed by atoms with E-state index in [1.807, 2.05) is 0 Å². The lowest BCUT2D eigenvalue weighted by Crippen LogP contribution is -2.38. The molecule has 2 amide bonds. The van der Waals surface area contributed by atoms with Gasteiger partial charge in [0.25, 0.3) is 0 Å². The van der Waals surface area contributed by atoms with Crippen LogP contribution in [-0.4, -0.2) is 24.4 Å². The van der Waals surface area contributed by atoms with Crippen molar-refractivity contribution < 1.29 is 9.59 Å². The Bertz CT molecular complexity index is 603. The minimum atomic E-state index is -0.0741. The first-order chi connectivity index (χ1) is 11.0. The minimum absolute atomic E-state index is 0.0222. The SMILES string of the molecule is Cc1ccc(C(CC(=O)NCC(=O)NC2CC2)C2CC2)cc1C. The van der Waals surface area contributed by atoms with Crippen LogP contribution in [-0.2, 0) is 9.59 Å². The van der Waals surface area contributed by atoms with E-state index in [1.54, 1.807) is 0 Å². The van der Waals surface area contributed by atoms with Gasteiger partial charge in [-0.1, -0.05) is 18.2 Å². The van der Waals surface area contributed by atoms with E-state index in [2.05, 4.69) is 42.7 Å². The van der Waals surface area contributed by atoms with Crippen LogP contribution in [0, 0.1) is 19.8 Å². The molecule has 1 unspecified atom stereocenters. The van der Waals surface area contributed by atoms with Crippen LogP contribution in [0.4, 0.5) is 0 Å². The number of amides is 2. The Labute approximate surface area is 138 Å². The first-order valence-corrected chi connectivity index (χ1v) is 8.66. The van der Waals surface area contributed by atoms with E-state index >= 15 is 0 Å². The van der Waals surface area contributed by atoms with Gasteiger partial charge in [0.05, 0.1) is 6.54 Å². The summed E-state index contributed by atoms with van der Waals surface area (Å²) in [5.74, 6) is 0.796. The molecule has 0 bridgehead atoms. The van der Waals surface area contributed by atoms with E-state index in [0.29, 0.717) is 18.4 Å². The highest BCUT2D eigenvalue weighted by Crippen LogP contribution is 2.44. The number of carbonyl (C=O) groups is 2. The lowest BCUT2D eigenvalue weighted by atomic mass is 9.89. The molecular weight excluding hydrogens is 288 g/mol. The Kier molecular flexibility index (Phi) is 4.69. The van der Waals surface area contributed by atoms with Crippen molar-refractivity contribution in [1.82, 2.24) is 10.6 Å². The normalized spacial score (nSPS) is 18.3. The molecule has 4 heteroatoms. The standard InChI is InChI=1S/C19H26N2O2/c1-12-3-4-15(9-13(12)2)17(14-5-6-14)10-18(22)20-11-19(23)21-16-7-8-16/h3-4,9,14,16-17H,5-8,10-11H2,1-2H3,(H,20,22)(H,21,23). The molecule has 1 aromatic carbocycles. The summed E-state index contributed by atoms with van der Waals surface area (Å²) in [6.45, 7) is 4.32. The molecule has 0 heterocycles. The van der Waals surface area contributed by atoms with E-state index < -0.39 is 0 Å². The van der Waals surface area contributed by atoms with Crippen LogP contribution < -0.4 is 10.6 Å². The third-order valence-electron chi connectivity index (χ3n) is 4.94. The predicted octanol–water partition coefficient (Wildman–Crippen LogP) is 2.58. The van der Waals surface area contributed by atoms with Gasteiger partial charge in [-0.15, -0.1) is 0 Å². The van der Waals surface area contributed by atoms with E-state index in [4.69, 9.17) is 0 Å². The molecule has 4 nitrogen and oxygen atoms in total. The molecular formula is C19H26N2O2. The fourth-order valence-electron chi connectivity index (χ4n) is 3.01. The summed E-state index contributed by atoms with van der Waals surface area (Å²) in [5, 5.41) is 5.66. The van der Waals surface area contributed by atoms with E-state index in [0.717, 1.165) is 12.8 Å². The van der Waals surface area contributed by atoms with Crippen molar-refractivity contribution in [2.24, 2.45) is 5.92 Å². The van der Waals surface area contributed by atoms with Gasteiger partial charge in [-0.2, -0.15) is 0 Å². The molecule has 0 aromatic heterocycles. The molecule has 1 aromatic rings. The molecule has 2 saturated carbocycles. The largest absolute Gasteiger partial charge is 0.352 e. The number of benzene rings is 1. The Morgan fingerprint density at radius 2 is 1.83 bits per heavy atom. The van der Waals surface area contributed by atoms with Crippen molar-refractivity contribution in [3.05, 3.63) is 34.9 Å². The monoisotopic (exact) mass is 314 g/mol. The Morgan fingerprint density at radius 1 is 1.09 bits per heavy atom. The molecule has 0 spiro atoms. The van der Waals surface area contributed by atoms with Crippen molar-refractivity contribution in [3.63, 3.8) is 0 Å². The minimum Gasteiger partial charge on any atom is -0.352 e. The van der Waals surface area contributed by atoms with Crippen LogP contribution in [0.2, 0.25) is 0 Å². The second kappa shape index (κ2) is 6.73. The summed E-state index contributed by atoms with van der Waals surface area (Å²) < 4.78 is 0. The second-order valence-electron chi connectivity index (χ2n) is 7.11. The number of carbonyl (C=O) groups excluding carboxylic acids is 2. The molecule has 2 aliphatic rings. The Balaban J connectivity index is 1.55. The molecule has 124 valence electrons. The number of aryl methyl sites for hydroxylation is 2. The second-order valence-corrected chi connectivity index (χ2v) is 7.11. The number of hydrogen-bond acceptors (Lipinski definition) is 2. The highest BCUT2D eigenvalue weighted by Gasteiger charge is 2.34. The molecule has 0 saturated heterocycles. The zero-order valence-corrected chi connectivity index (χ0v) is 14.0. The summed E-state index contributed by atoms with van der Waals surface area (Å²) in [7, 11) is 0. The number of hydrogen-bond donors (Lipinski definition) is 2. The summed E-state index contributed by atoms with van der Waals surface area (Å²) in [6.07, 6.45) is 5.01. The topological polar surface area (TPSA) is 58.2 Å². The maximum atomic E-state index is 12.2. The van der Waals surface area contributed by atoms with Crippen LogP contribution in [0.15, 0.2) is 18.2 Å². The highest BCUT2D eigenvalue weighted by molar-refractivity contribution is 5.85. The average Bonchev–Trinajstić information content (AvgIpc) is 3.39. The highest BCUT2D eigenvalue weighted by atomic mass is 16.2. The van der Waals surface area contributed by atoms with Crippen LogP contribution in [0.5, 0.6) is 0 Å². The number of rotatable bonds is 7. The smallest absolute Gasteiger partial charge is 0.239 e. The summed E-state index contributed by atoms with van der Waals surface area (Å²) in [6, 6.07) is 6.85. The van der Waals surface area contributed by atoms with Gasteiger partial charge in [-0.25, -0.2) is 0 Å². The zero-order chi connectivity index (χ0) is 16.4. The Hall–Kier alpha value is -1.84. The summed E-state index contributed by atoms with van der Waals surface area (Å²) >= 11 is 0. The fourth-order valence-corrected chi connectivity index (χ4v) is 3.01. The van der Waals surface area contributed by atoms with Crippen LogP contribution in [0.3, 0.4) is 0 Å². The zero-order valence-electron chi connectivity index (χ0n) is 14.0. The first-order valence-electron chi connectivity index (χ1n) is 8.66. The fraction of sp³-hybridized carbons (Fsp3) is 0.579. The van der Waals surface area contributed by atoms with Crippen molar-refractivity contribution in [2.45, 2.75) is 57.9 Å². The van der Waals surface area contributed by atoms with Gasteiger partial charge < -0.3 is 10.6 Å². The third kappa shape index (κ3) is 4.57. The van der Waals surface area contributed by atoms with Gasteiger partial charge in [0.1, 0.15) is 0 Å². The average molecular weight is 314 g/mol. The van der Waals surface area contributed by atoms with Crippen molar-refractivity contribution >= 4 is 11.8 Å². The first kappa shape index (κ1) is 16.0. The predicted molar refractivity (Wildman–Crippen MR) is 90.2 cm³/mol. The van der Waals surface area contributed by atoms with Crippen molar-refractivity contribution in [1.29, 1.82) is 0 Å². The summed E-state index contributed by atoms with van der Waals surface area (Å²) in [4.78, 5) is 23.9. The summed E-state index contributed by atoms with van der Waals surface area (Å²) in [5.41, 5.74) is 3.81. The third-order valence-corrected chi connectivity index (χ3v) is 4.94. The van der Waals surface area contributed by atoms with Crippen LogP contribution in [0.25, 0.3) is 0 Å². The number of nitrogens with one attached hydrogen (secondary N) is 2. The van der Waals surface area contributed by atoms with Crippen molar-refractivity contribution in [2.75, 3.05) is 6.54 Å². The van der Waals surface area contributed by atoms with Crippen LogP contribution >= 0.6 is 0 Å². The van der Waals surface area contributed by atoms with Gasteiger partial charge in [0.2, 0.25) is 11.8 Å². The van der Waals surface area contributed by atoms with Gasteiger partial charge in [0, 0.05) is 12.5 Å². The quantitative estimate of drug-likeness (QED) is 0.813. The lowest BCUT2D eigenvalue weighted by Gasteiger charge is -2.18. The molecule has 1 atom stereocenters. The molecule has 3 rings (SSSR count). The molecule has 2 fully saturated rings. The maximum Gasteiger partial charge on any atom is 0.239 e.